The Labute approximate surface area is 119 Å². The maximum absolute atomic E-state index is 5.98. The van der Waals surface area contributed by atoms with E-state index in [2.05, 4.69) is 41.6 Å². The number of nitrogens with zero attached hydrogens (tertiary/aromatic N) is 1. The maximum Gasteiger partial charge on any atom is 0.0757 e. The quantitative estimate of drug-likeness (QED) is 0.746. The number of ether oxygens (including phenoxy) is 2. The van der Waals surface area contributed by atoms with Gasteiger partial charge in [0.2, 0.25) is 0 Å². The third-order valence-corrected chi connectivity index (χ3v) is 5.23. The van der Waals surface area contributed by atoms with Gasteiger partial charge in [-0.05, 0) is 39.0 Å². The minimum absolute atomic E-state index is 0.0175. The second-order valence-electron chi connectivity index (χ2n) is 6.60. The van der Waals surface area contributed by atoms with Gasteiger partial charge >= 0.3 is 0 Å². The third-order valence-electron chi connectivity index (χ3n) is 4.04. The topological polar surface area (TPSA) is 21.7 Å². The van der Waals surface area contributed by atoms with Gasteiger partial charge < -0.3 is 9.47 Å². The summed E-state index contributed by atoms with van der Waals surface area (Å²) in [5.74, 6) is 0. The van der Waals surface area contributed by atoms with Crippen molar-refractivity contribution >= 4 is 15.9 Å². The van der Waals surface area contributed by atoms with Crippen LogP contribution in [0.5, 0.6) is 0 Å². The highest BCUT2D eigenvalue weighted by Gasteiger charge is 2.38. The van der Waals surface area contributed by atoms with Crippen LogP contribution in [0.25, 0.3) is 0 Å². The highest BCUT2D eigenvalue weighted by molar-refractivity contribution is 9.09. The lowest BCUT2D eigenvalue weighted by molar-refractivity contribution is -0.137. The highest BCUT2D eigenvalue weighted by Crippen LogP contribution is 2.35. The van der Waals surface area contributed by atoms with Crippen LogP contribution in [0.4, 0.5) is 0 Å². The van der Waals surface area contributed by atoms with Crippen LogP contribution < -0.4 is 0 Å². The fraction of sp³-hybridized carbons (Fsp3) is 1.00. The molecule has 2 aliphatic rings. The van der Waals surface area contributed by atoms with Crippen LogP contribution in [0, 0.1) is 5.41 Å². The molecule has 2 saturated heterocycles. The molecule has 4 heteroatoms. The average Bonchev–Trinajstić information content (AvgIpc) is 2.27. The van der Waals surface area contributed by atoms with E-state index >= 15 is 0 Å². The predicted molar refractivity (Wildman–Crippen MR) is 77.3 cm³/mol. The zero-order valence-electron chi connectivity index (χ0n) is 11.9. The van der Waals surface area contributed by atoms with E-state index in [4.69, 9.17) is 9.47 Å². The second kappa shape index (κ2) is 5.78. The van der Waals surface area contributed by atoms with Crippen molar-refractivity contribution in [1.29, 1.82) is 0 Å². The van der Waals surface area contributed by atoms with Gasteiger partial charge in [0, 0.05) is 38.2 Å². The molecule has 0 aromatic carbocycles. The molecule has 18 heavy (non-hydrogen) atoms. The first-order valence-electron chi connectivity index (χ1n) is 6.99. The summed E-state index contributed by atoms with van der Waals surface area (Å²) in [4.78, 5) is 2.58. The number of morpholine rings is 1. The van der Waals surface area contributed by atoms with E-state index in [-0.39, 0.29) is 5.60 Å². The molecule has 0 aliphatic carbocycles. The van der Waals surface area contributed by atoms with Gasteiger partial charge in [-0.2, -0.15) is 0 Å². The normalized spacial score (nSPS) is 32.3. The van der Waals surface area contributed by atoms with Crippen molar-refractivity contribution in [3.63, 3.8) is 0 Å². The molecule has 2 aliphatic heterocycles. The first-order chi connectivity index (χ1) is 8.45. The third kappa shape index (κ3) is 3.69. The molecule has 0 radical (unpaired) electrons. The van der Waals surface area contributed by atoms with Gasteiger partial charge in [-0.1, -0.05) is 15.9 Å². The van der Waals surface area contributed by atoms with Gasteiger partial charge in [0.05, 0.1) is 11.7 Å². The predicted octanol–water partition coefficient (Wildman–Crippen LogP) is 2.68. The molecule has 106 valence electrons. The van der Waals surface area contributed by atoms with Gasteiger partial charge in [-0.25, -0.2) is 0 Å². The van der Waals surface area contributed by atoms with Gasteiger partial charge in [-0.3, -0.25) is 4.90 Å². The van der Waals surface area contributed by atoms with Crippen molar-refractivity contribution in [3.8, 4) is 0 Å². The average molecular weight is 320 g/mol. The fourth-order valence-electron chi connectivity index (χ4n) is 3.32. The lowest BCUT2D eigenvalue weighted by Crippen LogP contribution is -2.55. The molecule has 0 N–H and O–H groups in total. The zero-order valence-corrected chi connectivity index (χ0v) is 13.5. The number of halogens is 1. The van der Waals surface area contributed by atoms with Crippen LogP contribution in [0.3, 0.4) is 0 Å². The summed E-state index contributed by atoms with van der Waals surface area (Å²) in [6.07, 6.45) is 2.68. The SMILES string of the molecule is CC1CN(CC2(CBr)CCOCC2)CC(C)(C)O1. The van der Waals surface area contributed by atoms with E-state index in [9.17, 15) is 0 Å². The van der Waals surface area contributed by atoms with Crippen molar-refractivity contribution in [3.05, 3.63) is 0 Å². The molecule has 2 rings (SSSR count). The first-order valence-corrected chi connectivity index (χ1v) is 8.11. The molecular weight excluding hydrogens is 294 g/mol. The minimum Gasteiger partial charge on any atom is -0.381 e. The van der Waals surface area contributed by atoms with Crippen LogP contribution in [-0.4, -0.2) is 54.8 Å². The van der Waals surface area contributed by atoms with E-state index in [1.54, 1.807) is 0 Å². The lowest BCUT2D eigenvalue weighted by Gasteiger charge is -2.46. The minimum atomic E-state index is -0.0175. The lowest BCUT2D eigenvalue weighted by atomic mass is 9.81. The maximum atomic E-state index is 5.98. The Balaban J connectivity index is 1.98. The summed E-state index contributed by atoms with van der Waals surface area (Å²) in [7, 11) is 0. The number of hydrogen-bond acceptors (Lipinski definition) is 3. The Morgan fingerprint density at radius 3 is 2.50 bits per heavy atom. The molecule has 1 unspecified atom stereocenters. The van der Waals surface area contributed by atoms with Crippen LogP contribution in [0.15, 0.2) is 0 Å². The Bertz CT molecular complexity index is 277. The molecule has 0 aromatic rings. The van der Waals surface area contributed by atoms with Gasteiger partial charge in [0.15, 0.2) is 0 Å². The number of rotatable bonds is 3. The Hall–Kier alpha value is 0.360. The summed E-state index contributed by atoms with van der Waals surface area (Å²) in [6.45, 7) is 11.6. The summed E-state index contributed by atoms with van der Waals surface area (Å²) in [5, 5.41) is 1.08. The Kier molecular flexibility index (Phi) is 4.74. The molecular formula is C14H26BrNO2. The van der Waals surface area contributed by atoms with Crippen LogP contribution in [0.2, 0.25) is 0 Å². The smallest absolute Gasteiger partial charge is 0.0757 e. The van der Waals surface area contributed by atoms with E-state index in [0.717, 1.165) is 31.6 Å². The van der Waals surface area contributed by atoms with Gasteiger partial charge in [0.25, 0.3) is 0 Å². The first kappa shape index (κ1) is 14.8. The van der Waals surface area contributed by atoms with Crippen molar-refractivity contribution in [2.75, 3.05) is 38.2 Å². The Morgan fingerprint density at radius 1 is 1.28 bits per heavy atom. The fourth-order valence-corrected chi connectivity index (χ4v) is 4.06. The highest BCUT2D eigenvalue weighted by atomic mass is 79.9. The van der Waals surface area contributed by atoms with Crippen molar-refractivity contribution in [2.24, 2.45) is 5.41 Å². The number of alkyl halides is 1. The molecule has 0 aromatic heterocycles. The van der Waals surface area contributed by atoms with E-state index in [1.807, 2.05) is 0 Å². The van der Waals surface area contributed by atoms with E-state index in [1.165, 1.54) is 19.4 Å². The van der Waals surface area contributed by atoms with Crippen molar-refractivity contribution < 1.29 is 9.47 Å². The number of hydrogen-bond donors (Lipinski definition) is 0. The summed E-state index contributed by atoms with van der Waals surface area (Å²) in [6, 6.07) is 0. The van der Waals surface area contributed by atoms with E-state index in [0.29, 0.717) is 11.5 Å². The van der Waals surface area contributed by atoms with E-state index < -0.39 is 0 Å². The molecule has 1 atom stereocenters. The molecule has 0 saturated carbocycles. The van der Waals surface area contributed by atoms with Crippen molar-refractivity contribution in [1.82, 2.24) is 4.90 Å². The second-order valence-corrected chi connectivity index (χ2v) is 7.16. The molecule has 0 spiro atoms. The van der Waals surface area contributed by atoms with Gasteiger partial charge in [0.1, 0.15) is 0 Å². The monoisotopic (exact) mass is 319 g/mol. The Morgan fingerprint density at radius 2 is 1.94 bits per heavy atom. The van der Waals surface area contributed by atoms with Crippen LogP contribution >= 0.6 is 15.9 Å². The summed E-state index contributed by atoms with van der Waals surface area (Å²) < 4.78 is 11.5. The summed E-state index contributed by atoms with van der Waals surface area (Å²) >= 11 is 3.73. The molecule has 3 nitrogen and oxygen atoms in total. The molecule has 2 heterocycles. The molecule has 0 amide bonds. The molecule has 2 fully saturated rings. The summed E-state index contributed by atoms with van der Waals surface area (Å²) in [5.41, 5.74) is 0.377. The molecule has 0 bridgehead atoms. The van der Waals surface area contributed by atoms with Crippen molar-refractivity contribution in [2.45, 2.75) is 45.3 Å². The van der Waals surface area contributed by atoms with Gasteiger partial charge in [-0.15, -0.1) is 0 Å². The van der Waals surface area contributed by atoms with Crippen LogP contribution in [-0.2, 0) is 9.47 Å². The van der Waals surface area contributed by atoms with Crippen LogP contribution in [0.1, 0.15) is 33.6 Å². The largest absolute Gasteiger partial charge is 0.381 e. The standard InChI is InChI=1S/C14H26BrNO2/c1-12-8-16(10-13(2,3)18-12)11-14(9-15)4-6-17-7-5-14/h12H,4-11H2,1-3H3. The zero-order chi connectivity index (χ0) is 13.2.